The molecule has 3 aromatic rings. The highest BCUT2D eigenvalue weighted by atomic mass is 35.5. The monoisotopic (exact) mass is 394 g/mol. The van der Waals surface area contributed by atoms with Crippen LogP contribution in [0.15, 0.2) is 54.7 Å². The number of nitrogens with one attached hydrogen (secondary N) is 1. The fourth-order valence-electron chi connectivity index (χ4n) is 4.00. The van der Waals surface area contributed by atoms with E-state index in [1.807, 2.05) is 36.4 Å². The van der Waals surface area contributed by atoms with Crippen molar-refractivity contribution < 1.29 is 9.90 Å². The molecular weight excluding hydrogens is 372 g/mol. The van der Waals surface area contributed by atoms with Crippen molar-refractivity contribution in [3.05, 3.63) is 70.9 Å². The van der Waals surface area contributed by atoms with Gasteiger partial charge in [0.2, 0.25) is 5.91 Å². The molecule has 5 heteroatoms. The van der Waals surface area contributed by atoms with Gasteiger partial charge in [0.05, 0.1) is 6.04 Å². The molecule has 0 saturated heterocycles. The van der Waals surface area contributed by atoms with Crippen molar-refractivity contribution in [2.75, 3.05) is 0 Å². The molecule has 4 rings (SSSR count). The van der Waals surface area contributed by atoms with E-state index < -0.39 is 6.04 Å². The molecule has 28 heavy (non-hydrogen) atoms. The van der Waals surface area contributed by atoms with E-state index >= 15 is 0 Å². The third-order valence-corrected chi connectivity index (χ3v) is 5.81. The first-order chi connectivity index (χ1) is 13.6. The Labute approximate surface area is 169 Å². The van der Waals surface area contributed by atoms with E-state index in [2.05, 4.69) is 10.3 Å². The summed E-state index contributed by atoms with van der Waals surface area (Å²) in [5.41, 5.74) is 2.04. The van der Waals surface area contributed by atoms with Gasteiger partial charge in [0.1, 0.15) is 11.3 Å². The van der Waals surface area contributed by atoms with E-state index in [0.29, 0.717) is 16.1 Å². The van der Waals surface area contributed by atoms with Gasteiger partial charge in [-0.05, 0) is 36.6 Å². The SMILES string of the molecule is O=C(NC(c1ccc(Cl)cc1)c1ccc2cccnc2c1O)C1CCCCC1. The van der Waals surface area contributed by atoms with Crippen LogP contribution in [0.2, 0.25) is 5.02 Å². The zero-order valence-electron chi connectivity index (χ0n) is 15.6. The highest BCUT2D eigenvalue weighted by molar-refractivity contribution is 6.30. The maximum Gasteiger partial charge on any atom is 0.223 e. The molecule has 1 aromatic heterocycles. The lowest BCUT2D eigenvalue weighted by Crippen LogP contribution is -2.35. The number of hydrogen-bond acceptors (Lipinski definition) is 3. The number of aromatic hydroxyl groups is 1. The fraction of sp³-hybridized carbons (Fsp3) is 0.304. The molecule has 2 N–H and O–H groups in total. The molecule has 0 aliphatic heterocycles. The number of halogens is 1. The van der Waals surface area contributed by atoms with Gasteiger partial charge in [0.25, 0.3) is 0 Å². The number of nitrogens with zero attached hydrogens (tertiary/aromatic N) is 1. The summed E-state index contributed by atoms with van der Waals surface area (Å²) in [7, 11) is 0. The minimum absolute atomic E-state index is 0.0317. The Morgan fingerprint density at radius 3 is 2.57 bits per heavy atom. The van der Waals surface area contributed by atoms with Gasteiger partial charge in [-0.2, -0.15) is 0 Å². The van der Waals surface area contributed by atoms with E-state index in [0.717, 1.165) is 36.6 Å². The van der Waals surface area contributed by atoms with E-state index in [9.17, 15) is 9.90 Å². The number of carbonyl (C=O) groups is 1. The third-order valence-electron chi connectivity index (χ3n) is 5.56. The second-order valence-corrected chi connectivity index (χ2v) is 7.84. The molecule has 0 bridgehead atoms. The molecule has 1 amide bonds. The Bertz CT molecular complexity index is 982. The Kier molecular flexibility index (Phi) is 5.49. The largest absolute Gasteiger partial charge is 0.505 e. The van der Waals surface area contributed by atoms with Crippen molar-refractivity contribution in [3.8, 4) is 5.75 Å². The van der Waals surface area contributed by atoms with Gasteiger partial charge in [-0.15, -0.1) is 0 Å². The summed E-state index contributed by atoms with van der Waals surface area (Å²) in [5, 5.41) is 15.6. The van der Waals surface area contributed by atoms with Crippen LogP contribution in [0.4, 0.5) is 0 Å². The standard InChI is InChI=1S/C23H23ClN2O2/c24-18-11-8-16(9-12-18)20(26-23(28)17-5-2-1-3-6-17)19-13-10-15-7-4-14-25-21(15)22(19)27/h4,7-14,17,20,27H,1-3,5-6H2,(H,26,28). The minimum atomic E-state index is -0.460. The van der Waals surface area contributed by atoms with Crippen LogP contribution in [0.3, 0.4) is 0 Å². The van der Waals surface area contributed by atoms with Gasteiger partial charge in [-0.3, -0.25) is 9.78 Å². The van der Waals surface area contributed by atoms with Crippen molar-refractivity contribution in [1.82, 2.24) is 10.3 Å². The van der Waals surface area contributed by atoms with Crippen LogP contribution in [0.5, 0.6) is 5.75 Å². The highest BCUT2D eigenvalue weighted by Gasteiger charge is 2.27. The lowest BCUT2D eigenvalue weighted by molar-refractivity contribution is -0.126. The Hall–Kier alpha value is -2.59. The summed E-state index contributed by atoms with van der Waals surface area (Å²) < 4.78 is 0. The van der Waals surface area contributed by atoms with E-state index in [1.54, 1.807) is 18.3 Å². The number of aromatic nitrogens is 1. The summed E-state index contributed by atoms with van der Waals surface area (Å²) in [5.74, 6) is 0.173. The van der Waals surface area contributed by atoms with Crippen LogP contribution in [-0.2, 0) is 4.79 Å². The molecule has 0 radical (unpaired) electrons. The molecule has 1 fully saturated rings. The zero-order valence-corrected chi connectivity index (χ0v) is 16.3. The molecule has 1 saturated carbocycles. The Morgan fingerprint density at radius 1 is 1.07 bits per heavy atom. The summed E-state index contributed by atoms with van der Waals surface area (Å²) in [6.07, 6.45) is 6.88. The first kappa shape index (κ1) is 18.8. The average molecular weight is 395 g/mol. The maximum absolute atomic E-state index is 13.0. The number of carbonyl (C=O) groups excluding carboxylic acids is 1. The van der Waals surface area contributed by atoms with Crippen LogP contribution >= 0.6 is 11.6 Å². The van der Waals surface area contributed by atoms with Crippen LogP contribution in [0.25, 0.3) is 10.9 Å². The number of pyridine rings is 1. The van der Waals surface area contributed by atoms with Gasteiger partial charge in [-0.1, -0.05) is 61.2 Å². The summed E-state index contributed by atoms with van der Waals surface area (Å²) in [6.45, 7) is 0. The predicted molar refractivity (Wildman–Crippen MR) is 111 cm³/mol. The van der Waals surface area contributed by atoms with E-state index in [1.165, 1.54) is 6.42 Å². The smallest absolute Gasteiger partial charge is 0.223 e. The zero-order chi connectivity index (χ0) is 19.5. The topological polar surface area (TPSA) is 62.2 Å². The van der Waals surface area contributed by atoms with Gasteiger partial charge in [0.15, 0.2) is 0 Å². The van der Waals surface area contributed by atoms with Gasteiger partial charge in [0, 0.05) is 28.1 Å². The van der Waals surface area contributed by atoms with Crippen LogP contribution in [-0.4, -0.2) is 16.0 Å². The van der Waals surface area contributed by atoms with E-state index in [4.69, 9.17) is 11.6 Å². The number of fused-ring (bicyclic) bond motifs is 1. The first-order valence-corrected chi connectivity index (χ1v) is 10.1. The molecule has 1 heterocycles. The van der Waals surface area contributed by atoms with Gasteiger partial charge in [-0.25, -0.2) is 0 Å². The number of rotatable bonds is 4. The quantitative estimate of drug-likeness (QED) is 0.624. The fourth-order valence-corrected chi connectivity index (χ4v) is 4.12. The van der Waals surface area contributed by atoms with Gasteiger partial charge < -0.3 is 10.4 Å². The van der Waals surface area contributed by atoms with Crippen LogP contribution in [0.1, 0.15) is 49.3 Å². The highest BCUT2D eigenvalue weighted by Crippen LogP contribution is 2.35. The molecule has 144 valence electrons. The minimum Gasteiger partial charge on any atom is -0.505 e. The number of phenols is 1. The second kappa shape index (κ2) is 8.19. The lowest BCUT2D eigenvalue weighted by Gasteiger charge is -2.26. The van der Waals surface area contributed by atoms with Gasteiger partial charge >= 0.3 is 0 Å². The normalized spacial score (nSPS) is 16.0. The molecule has 1 aliphatic rings. The predicted octanol–water partition coefficient (Wildman–Crippen LogP) is 5.38. The molecule has 4 nitrogen and oxygen atoms in total. The van der Waals surface area contributed by atoms with E-state index in [-0.39, 0.29) is 17.6 Å². The molecule has 1 aliphatic carbocycles. The number of amides is 1. The number of benzene rings is 2. The third kappa shape index (κ3) is 3.83. The lowest BCUT2D eigenvalue weighted by atomic mass is 9.87. The van der Waals surface area contributed by atoms with Crippen molar-refractivity contribution in [1.29, 1.82) is 0 Å². The second-order valence-electron chi connectivity index (χ2n) is 7.41. The first-order valence-electron chi connectivity index (χ1n) is 9.76. The van der Waals surface area contributed by atoms with Crippen molar-refractivity contribution in [3.63, 3.8) is 0 Å². The summed E-state index contributed by atoms with van der Waals surface area (Å²) in [4.78, 5) is 17.3. The number of hydrogen-bond donors (Lipinski definition) is 2. The molecular formula is C23H23ClN2O2. The Balaban J connectivity index is 1.73. The van der Waals surface area contributed by atoms with Crippen molar-refractivity contribution in [2.45, 2.75) is 38.1 Å². The maximum atomic E-state index is 13.0. The molecule has 0 spiro atoms. The van der Waals surface area contributed by atoms with Crippen molar-refractivity contribution in [2.24, 2.45) is 5.92 Å². The summed E-state index contributed by atoms with van der Waals surface area (Å²) >= 11 is 6.05. The molecule has 2 aromatic carbocycles. The Morgan fingerprint density at radius 2 is 1.82 bits per heavy atom. The van der Waals surface area contributed by atoms with Crippen LogP contribution < -0.4 is 5.32 Å². The van der Waals surface area contributed by atoms with Crippen molar-refractivity contribution >= 4 is 28.4 Å². The number of phenolic OH excluding ortho intramolecular Hbond substituents is 1. The molecule has 1 unspecified atom stereocenters. The summed E-state index contributed by atoms with van der Waals surface area (Å²) in [6, 6.07) is 14.4. The average Bonchev–Trinajstić information content (AvgIpc) is 2.74. The van der Waals surface area contributed by atoms with Crippen LogP contribution in [0, 0.1) is 5.92 Å². The molecule has 1 atom stereocenters.